The highest BCUT2D eigenvalue weighted by Gasteiger charge is 2.48. The minimum absolute atomic E-state index is 0.110. The van der Waals surface area contributed by atoms with E-state index in [-0.39, 0.29) is 24.3 Å². The summed E-state index contributed by atoms with van der Waals surface area (Å²) in [7, 11) is 0. The number of amides is 1. The van der Waals surface area contributed by atoms with Crippen LogP contribution in [0.2, 0.25) is 0 Å². The Labute approximate surface area is 234 Å². The molecule has 0 saturated carbocycles. The minimum Gasteiger partial charge on any atom is -0.463 e. The number of benzene rings is 1. The zero-order valence-corrected chi connectivity index (χ0v) is 24.0. The van der Waals surface area contributed by atoms with E-state index < -0.39 is 22.8 Å². The molecule has 1 aromatic carbocycles. The molecule has 40 heavy (non-hydrogen) atoms. The lowest BCUT2D eigenvalue weighted by molar-refractivity contribution is -0.137. The van der Waals surface area contributed by atoms with Gasteiger partial charge in [-0.15, -0.1) is 0 Å². The van der Waals surface area contributed by atoms with Crippen molar-refractivity contribution in [3.63, 3.8) is 0 Å². The summed E-state index contributed by atoms with van der Waals surface area (Å²) in [6.07, 6.45) is 6.26. The summed E-state index contributed by atoms with van der Waals surface area (Å²) in [5.74, 6) is 0.195. The molecule has 3 heterocycles. The molecular weight excluding hydrogens is 508 g/mol. The second-order valence-corrected chi connectivity index (χ2v) is 10.8. The first-order valence-corrected chi connectivity index (χ1v) is 13.8. The molecule has 3 aromatic rings. The molecule has 9 nitrogen and oxygen atoms in total. The number of aromatic nitrogens is 2. The number of fused-ring (bicyclic) bond motifs is 4. The molecule has 1 N–H and O–H groups in total. The highest BCUT2D eigenvalue weighted by molar-refractivity contribution is 5.86. The topological polar surface area (TPSA) is 131 Å². The zero-order valence-electron chi connectivity index (χ0n) is 24.0. The van der Waals surface area contributed by atoms with E-state index in [0.717, 1.165) is 16.7 Å². The number of nitrogens with zero attached hydrogens (tertiary/aromatic N) is 3. The fraction of sp³-hybridized carbons (Fsp3) is 0.452. The molecule has 4 bridgehead atoms. The van der Waals surface area contributed by atoms with Crippen molar-refractivity contribution >= 4 is 18.0 Å². The third kappa shape index (κ3) is 5.44. The van der Waals surface area contributed by atoms with Crippen LogP contribution in [0, 0.1) is 16.7 Å². The molecule has 1 aliphatic heterocycles. The Morgan fingerprint density at radius 1 is 1.25 bits per heavy atom. The van der Waals surface area contributed by atoms with E-state index >= 15 is 0 Å². The number of carbonyl (C=O) groups is 2. The molecule has 9 heteroatoms. The Morgan fingerprint density at radius 3 is 2.73 bits per heavy atom. The predicted molar refractivity (Wildman–Crippen MR) is 149 cm³/mol. The van der Waals surface area contributed by atoms with Gasteiger partial charge >= 0.3 is 5.97 Å². The summed E-state index contributed by atoms with van der Waals surface area (Å²) < 4.78 is 17.2. The normalized spacial score (nSPS) is 20.0. The highest BCUT2D eigenvalue weighted by Crippen LogP contribution is 2.49. The number of ether oxygens (including phenoxy) is 1. The maximum atomic E-state index is 13.0. The van der Waals surface area contributed by atoms with Gasteiger partial charge < -0.3 is 18.9 Å². The Hall–Kier alpha value is -4.19. The van der Waals surface area contributed by atoms with Gasteiger partial charge in [0.25, 0.3) is 0 Å². The van der Waals surface area contributed by atoms with Crippen molar-refractivity contribution in [1.82, 2.24) is 15.3 Å². The summed E-state index contributed by atoms with van der Waals surface area (Å²) >= 11 is 0. The van der Waals surface area contributed by atoms with Crippen LogP contribution in [0.3, 0.4) is 0 Å². The molecule has 2 atom stereocenters. The number of aryl methyl sites for hydroxylation is 2. The number of nitrogens with one attached hydrogen (secondary N) is 1. The Bertz CT molecular complexity index is 1470. The minimum atomic E-state index is -1.09. The van der Waals surface area contributed by atoms with Crippen LogP contribution in [0.4, 0.5) is 0 Å². The van der Waals surface area contributed by atoms with E-state index in [2.05, 4.69) is 16.4 Å². The van der Waals surface area contributed by atoms with Gasteiger partial charge in [-0.05, 0) is 54.4 Å². The maximum absolute atomic E-state index is 13.0. The fourth-order valence-electron chi connectivity index (χ4n) is 5.10. The average Bonchev–Trinajstić information content (AvgIpc) is 3.66. The Kier molecular flexibility index (Phi) is 8.29. The van der Waals surface area contributed by atoms with Crippen molar-refractivity contribution in [2.45, 2.75) is 78.7 Å². The Balaban J connectivity index is 0.00000181. The molecule has 0 radical (unpaired) electrons. The van der Waals surface area contributed by atoms with Gasteiger partial charge in [0.05, 0.1) is 12.7 Å². The number of esters is 1. The van der Waals surface area contributed by atoms with Gasteiger partial charge in [-0.1, -0.05) is 52.8 Å². The van der Waals surface area contributed by atoms with Crippen molar-refractivity contribution in [3.05, 3.63) is 64.6 Å². The molecule has 0 saturated heterocycles. The van der Waals surface area contributed by atoms with Crippen molar-refractivity contribution in [2.24, 2.45) is 5.41 Å². The van der Waals surface area contributed by atoms with Crippen LogP contribution in [0.1, 0.15) is 94.5 Å². The zero-order chi connectivity index (χ0) is 29.1. The van der Waals surface area contributed by atoms with Gasteiger partial charge in [-0.25, -0.2) is 14.8 Å². The van der Waals surface area contributed by atoms with E-state index in [0.29, 0.717) is 42.8 Å². The maximum Gasteiger partial charge on any atom is 0.330 e. The number of carbonyl (C=O) groups excluding carboxylic acids is 2. The molecule has 0 unspecified atom stereocenters. The van der Waals surface area contributed by atoms with Gasteiger partial charge in [0.15, 0.2) is 11.5 Å². The van der Waals surface area contributed by atoms with Gasteiger partial charge in [0.1, 0.15) is 23.4 Å². The van der Waals surface area contributed by atoms with Crippen molar-refractivity contribution < 1.29 is 23.2 Å². The summed E-state index contributed by atoms with van der Waals surface area (Å²) in [4.78, 5) is 34.0. The monoisotopic (exact) mass is 544 g/mol. The number of rotatable bonds is 4. The lowest BCUT2D eigenvalue weighted by Gasteiger charge is -2.29. The number of hydrogen-bond donors (Lipinski definition) is 1. The number of hydrogen-bond acceptors (Lipinski definition) is 8. The van der Waals surface area contributed by atoms with Crippen LogP contribution < -0.4 is 5.32 Å². The SMILES string of the molecule is CC.CCOC(=O)/C=C/c1coc(-c2nc3oc2[C@@]2(C#N)CCc4ccc(cc42)CCC(=O)N[C@H]3C(C)(C)C)n1. The summed E-state index contributed by atoms with van der Waals surface area (Å²) in [5.41, 5.74) is 2.09. The van der Waals surface area contributed by atoms with Crippen LogP contribution in [0.5, 0.6) is 0 Å². The summed E-state index contributed by atoms with van der Waals surface area (Å²) in [6.45, 7) is 12.0. The Morgan fingerprint density at radius 2 is 2.02 bits per heavy atom. The summed E-state index contributed by atoms with van der Waals surface area (Å²) in [6, 6.07) is 8.06. The van der Waals surface area contributed by atoms with Crippen LogP contribution in [0.25, 0.3) is 17.7 Å². The number of oxazole rings is 2. The first-order chi connectivity index (χ1) is 19.1. The second-order valence-electron chi connectivity index (χ2n) is 10.8. The molecule has 210 valence electrons. The predicted octanol–water partition coefficient (Wildman–Crippen LogP) is 5.84. The molecule has 2 aromatic heterocycles. The standard InChI is InChI=1S/C29H30N4O5.C2H6/c1-5-36-22(35)11-9-19-15-37-26(31-19)23-25-29(16-30)13-12-18-8-6-17(14-20(18)29)7-10-21(34)32-24(28(2,3)4)27(33-23)38-25;1-2/h6,8-9,11,14-15,24H,5,7,10,12-13H2,1-4H3,(H,32,34);1-2H3/b11-9+;/t24-,29-;/m1./s1. The van der Waals surface area contributed by atoms with E-state index in [1.807, 2.05) is 52.8 Å². The smallest absolute Gasteiger partial charge is 0.330 e. The molecule has 2 aliphatic rings. The first kappa shape index (κ1) is 28.8. The fourth-order valence-corrected chi connectivity index (χ4v) is 5.10. The van der Waals surface area contributed by atoms with E-state index in [1.165, 1.54) is 18.4 Å². The third-order valence-electron chi connectivity index (χ3n) is 7.09. The van der Waals surface area contributed by atoms with Crippen LogP contribution in [-0.4, -0.2) is 28.5 Å². The van der Waals surface area contributed by atoms with Crippen molar-refractivity contribution in [3.8, 4) is 17.7 Å². The molecule has 0 fully saturated rings. The lowest BCUT2D eigenvalue weighted by atomic mass is 9.79. The van der Waals surface area contributed by atoms with Crippen molar-refractivity contribution in [1.29, 1.82) is 5.26 Å². The highest BCUT2D eigenvalue weighted by atomic mass is 16.5. The molecule has 1 aliphatic carbocycles. The second kappa shape index (κ2) is 11.5. The van der Waals surface area contributed by atoms with Crippen LogP contribution >= 0.6 is 0 Å². The van der Waals surface area contributed by atoms with Crippen LogP contribution in [-0.2, 0) is 32.6 Å². The molecule has 0 spiro atoms. The van der Waals surface area contributed by atoms with Gasteiger partial charge in [-0.3, -0.25) is 4.79 Å². The van der Waals surface area contributed by atoms with Gasteiger partial charge in [-0.2, -0.15) is 5.26 Å². The van der Waals surface area contributed by atoms with Gasteiger partial charge in [0.2, 0.25) is 17.7 Å². The quantitative estimate of drug-likeness (QED) is 0.320. The summed E-state index contributed by atoms with van der Waals surface area (Å²) in [5, 5.41) is 13.7. The molecule has 5 rings (SSSR count). The van der Waals surface area contributed by atoms with E-state index in [9.17, 15) is 14.9 Å². The molecular formula is C31H36N4O5. The van der Waals surface area contributed by atoms with E-state index in [4.69, 9.17) is 18.6 Å². The largest absolute Gasteiger partial charge is 0.463 e. The third-order valence-corrected chi connectivity index (χ3v) is 7.09. The molecule has 1 amide bonds. The first-order valence-electron chi connectivity index (χ1n) is 13.8. The van der Waals surface area contributed by atoms with Crippen LogP contribution in [0.15, 0.2) is 39.4 Å². The van der Waals surface area contributed by atoms with Crippen molar-refractivity contribution in [2.75, 3.05) is 6.61 Å². The lowest BCUT2D eigenvalue weighted by Crippen LogP contribution is -2.37. The van der Waals surface area contributed by atoms with Gasteiger partial charge in [0, 0.05) is 12.5 Å². The average molecular weight is 545 g/mol. The van der Waals surface area contributed by atoms with E-state index in [1.54, 1.807) is 6.92 Å². The number of nitriles is 1.